The van der Waals surface area contributed by atoms with Crippen LogP contribution in [-0.2, 0) is 10.0 Å². The summed E-state index contributed by atoms with van der Waals surface area (Å²) < 4.78 is 27.1. The zero-order valence-corrected chi connectivity index (χ0v) is 14.6. The van der Waals surface area contributed by atoms with Crippen molar-refractivity contribution < 1.29 is 13.2 Å². The van der Waals surface area contributed by atoms with Gasteiger partial charge in [0.15, 0.2) is 0 Å². The molecule has 0 aliphatic carbocycles. The van der Waals surface area contributed by atoms with Crippen LogP contribution in [0.4, 0.5) is 5.69 Å². The first-order chi connectivity index (χ1) is 11.9. The zero-order valence-electron chi connectivity index (χ0n) is 13.8. The summed E-state index contributed by atoms with van der Waals surface area (Å²) in [5.41, 5.74) is 2.15. The van der Waals surface area contributed by atoms with Gasteiger partial charge in [0.25, 0.3) is 15.9 Å². The Labute approximate surface area is 147 Å². The summed E-state index contributed by atoms with van der Waals surface area (Å²) in [6.45, 7) is 2.61. The van der Waals surface area contributed by atoms with E-state index in [1.165, 1.54) is 12.1 Å². The molecule has 0 atom stereocenters. The second kappa shape index (κ2) is 7.06. The molecule has 2 aromatic carbocycles. The first kappa shape index (κ1) is 17.2. The van der Waals surface area contributed by atoms with Crippen molar-refractivity contribution in [2.24, 2.45) is 4.99 Å². The van der Waals surface area contributed by atoms with Gasteiger partial charge in [-0.2, -0.15) is 0 Å². The van der Waals surface area contributed by atoms with Crippen molar-refractivity contribution in [2.45, 2.75) is 24.7 Å². The molecule has 7 heteroatoms. The SMILES string of the molecule is Cc1ccc(C(=O)Nc2ccc(S(=O)(=O)NC3=NCCC3)cc2)cc1. The molecule has 0 saturated carbocycles. The molecule has 0 bridgehead atoms. The lowest BCUT2D eigenvalue weighted by molar-refractivity contribution is 0.102. The Balaban J connectivity index is 1.69. The number of carbonyl (C=O) groups excluding carboxylic acids is 1. The Kier molecular flexibility index (Phi) is 4.85. The summed E-state index contributed by atoms with van der Waals surface area (Å²) >= 11 is 0. The van der Waals surface area contributed by atoms with Crippen molar-refractivity contribution in [2.75, 3.05) is 11.9 Å². The average molecular weight is 357 g/mol. The highest BCUT2D eigenvalue weighted by atomic mass is 32.2. The summed E-state index contributed by atoms with van der Waals surface area (Å²) in [6.07, 6.45) is 1.51. The van der Waals surface area contributed by atoms with E-state index in [4.69, 9.17) is 0 Å². The highest BCUT2D eigenvalue weighted by Gasteiger charge is 2.18. The van der Waals surface area contributed by atoms with E-state index in [1.54, 1.807) is 24.3 Å². The minimum atomic E-state index is -3.64. The fourth-order valence-electron chi connectivity index (χ4n) is 2.46. The fraction of sp³-hybridized carbons (Fsp3) is 0.222. The maximum absolute atomic E-state index is 12.3. The van der Waals surface area contributed by atoms with Gasteiger partial charge in [0.05, 0.1) is 4.90 Å². The van der Waals surface area contributed by atoms with Gasteiger partial charge in [-0.15, -0.1) is 0 Å². The van der Waals surface area contributed by atoms with Crippen molar-refractivity contribution in [1.29, 1.82) is 0 Å². The molecule has 0 saturated heterocycles. The molecule has 0 fully saturated rings. The topological polar surface area (TPSA) is 87.6 Å². The van der Waals surface area contributed by atoms with Gasteiger partial charge in [-0.1, -0.05) is 17.7 Å². The molecule has 1 heterocycles. The first-order valence-electron chi connectivity index (χ1n) is 7.98. The van der Waals surface area contributed by atoms with Gasteiger partial charge in [-0.05, 0) is 49.7 Å². The van der Waals surface area contributed by atoms with Crippen LogP contribution >= 0.6 is 0 Å². The number of hydrogen-bond donors (Lipinski definition) is 2. The number of aryl methyl sites for hydroxylation is 1. The Morgan fingerprint density at radius 1 is 1.04 bits per heavy atom. The van der Waals surface area contributed by atoms with Crippen LogP contribution in [-0.4, -0.2) is 26.7 Å². The van der Waals surface area contributed by atoms with Crippen LogP contribution in [0.5, 0.6) is 0 Å². The number of aliphatic imine (C=N–C) groups is 1. The van der Waals surface area contributed by atoms with Gasteiger partial charge in [0, 0.05) is 24.2 Å². The van der Waals surface area contributed by atoms with Crippen LogP contribution in [0.3, 0.4) is 0 Å². The molecule has 1 aliphatic heterocycles. The summed E-state index contributed by atoms with van der Waals surface area (Å²) in [5, 5.41) is 2.75. The average Bonchev–Trinajstić information content (AvgIpc) is 3.08. The van der Waals surface area contributed by atoms with E-state index >= 15 is 0 Å². The Morgan fingerprint density at radius 3 is 2.32 bits per heavy atom. The number of hydrogen-bond acceptors (Lipinski definition) is 4. The van der Waals surface area contributed by atoms with E-state index in [0.717, 1.165) is 12.0 Å². The predicted molar refractivity (Wildman–Crippen MR) is 97.4 cm³/mol. The van der Waals surface area contributed by atoms with E-state index in [9.17, 15) is 13.2 Å². The monoisotopic (exact) mass is 357 g/mol. The highest BCUT2D eigenvalue weighted by molar-refractivity contribution is 7.90. The van der Waals surface area contributed by atoms with E-state index in [-0.39, 0.29) is 10.8 Å². The molecule has 0 radical (unpaired) electrons. The van der Waals surface area contributed by atoms with Gasteiger partial charge < -0.3 is 5.32 Å². The largest absolute Gasteiger partial charge is 0.322 e. The Morgan fingerprint density at radius 2 is 1.72 bits per heavy atom. The summed E-state index contributed by atoms with van der Waals surface area (Å²) in [5.74, 6) is 0.255. The van der Waals surface area contributed by atoms with Gasteiger partial charge >= 0.3 is 0 Å². The predicted octanol–water partition coefficient (Wildman–Crippen LogP) is 2.72. The molecule has 2 aromatic rings. The number of benzene rings is 2. The van der Waals surface area contributed by atoms with Gasteiger partial charge in [0.2, 0.25) is 0 Å². The summed E-state index contributed by atoms with van der Waals surface area (Å²) in [7, 11) is -3.64. The Bertz CT molecular complexity index is 902. The number of amides is 1. The van der Waals surface area contributed by atoms with Crippen LogP contribution in [0, 0.1) is 6.92 Å². The zero-order chi connectivity index (χ0) is 17.9. The Hall–Kier alpha value is -2.67. The molecular weight excluding hydrogens is 338 g/mol. The number of amidine groups is 1. The van der Waals surface area contributed by atoms with Crippen molar-refractivity contribution in [3.63, 3.8) is 0 Å². The second-order valence-corrected chi connectivity index (χ2v) is 7.56. The van der Waals surface area contributed by atoms with E-state index in [1.807, 2.05) is 19.1 Å². The standard InChI is InChI=1S/C18H19N3O3S/c1-13-4-6-14(7-5-13)18(22)20-15-8-10-16(11-9-15)25(23,24)21-17-3-2-12-19-17/h4-11H,2-3,12H2,1H3,(H,19,21)(H,20,22). The van der Waals surface area contributed by atoms with Gasteiger partial charge in [-0.3, -0.25) is 14.5 Å². The lowest BCUT2D eigenvalue weighted by Gasteiger charge is -2.09. The van der Waals surface area contributed by atoms with Crippen molar-refractivity contribution in [3.8, 4) is 0 Å². The highest BCUT2D eigenvalue weighted by Crippen LogP contribution is 2.16. The van der Waals surface area contributed by atoms with Crippen LogP contribution < -0.4 is 10.0 Å². The van der Waals surface area contributed by atoms with E-state index in [2.05, 4.69) is 15.0 Å². The van der Waals surface area contributed by atoms with Crippen molar-refractivity contribution in [3.05, 3.63) is 59.7 Å². The minimum absolute atomic E-state index is 0.135. The number of carbonyl (C=O) groups is 1. The van der Waals surface area contributed by atoms with E-state index < -0.39 is 10.0 Å². The molecule has 3 rings (SSSR count). The van der Waals surface area contributed by atoms with E-state index in [0.29, 0.717) is 30.1 Å². The number of nitrogens with zero attached hydrogens (tertiary/aromatic N) is 1. The quantitative estimate of drug-likeness (QED) is 0.882. The third-order valence-corrected chi connectivity index (χ3v) is 5.26. The molecule has 6 nitrogen and oxygen atoms in total. The smallest absolute Gasteiger partial charge is 0.262 e. The molecular formula is C18H19N3O3S. The molecule has 2 N–H and O–H groups in total. The maximum Gasteiger partial charge on any atom is 0.262 e. The van der Waals surface area contributed by atoms with Crippen molar-refractivity contribution in [1.82, 2.24) is 4.72 Å². The third-order valence-electron chi connectivity index (χ3n) is 3.86. The maximum atomic E-state index is 12.3. The van der Waals surface area contributed by atoms with Crippen LogP contribution in [0.15, 0.2) is 58.4 Å². The van der Waals surface area contributed by atoms with Gasteiger partial charge in [0.1, 0.15) is 5.84 Å². The minimum Gasteiger partial charge on any atom is -0.322 e. The molecule has 1 amide bonds. The van der Waals surface area contributed by atoms with Crippen LogP contribution in [0.2, 0.25) is 0 Å². The van der Waals surface area contributed by atoms with Crippen LogP contribution in [0.1, 0.15) is 28.8 Å². The van der Waals surface area contributed by atoms with Gasteiger partial charge in [-0.25, -0.2) is 8.42 Å². The molecule has 130 valence electrons. The molecule has 25 heavy (non-hydrogen) atoms. The number of anilines is 1. The molecule has 1 aliphatic rings. The molecule has 0 unspecified atom stereocenters. The molecule has 0 aromatic heterocycles. The second-order valence-electron chi connectivity index (χ2n) is 5.88. The van der Waals surface area contributed by atoms with Crippen LogP contribution in [0.25, 0.3) is 0 Å². The number of rotatable bonds is 4. The lowest BCUT2D eigenvalue weighted by Crippen LogP contribution is -2.29. The molecule has 0 spiro atoms. The third kappa shape index (κ3) is 4.24. The lowest BCUT2D eigenvalue weighted by atomic mass is 10.1. The normalized spacial score (nSPS) is 14.0. The van der Waals surface area contributed by atoms with Crippen molar-refractivity contribution >= 4 is 27.5 Å². The summed E-state index contributed by atoms with van der Waals surface area (Å²) in [6, 6.07) is 13.3. The fourth-order valence-corrected chi connectivity index (χ4v) is 3.55. The number of nitrogens with one attached hydrogen (secondary N) is 2. The summed E-state index contributed by atoms with van der Waals surface area (Å²) in [4.78, 5) is 16.4. The number of sulfonamides is 1. The first-order valence-corrected chi connectivity index (χ1v) is 9.46.